The Morgan fingerprint density at radius 1 is 1.50 bits per heavy atom. The fourth-order valence-corrected chi connectivity index (χ4v) is 1.49. The highest BCUT2D eigenvalue weighted by atomic mass is 79.9. The lowest BCUT2D eigenvalue weighted by molar-refractivity contribution is 0.477. The number of fused-ring (bicyclic) bond motifs is 1. The van der Waals surface area contributed by atoms with Crippen LogP contribution >= 0.6 is 15.9 Å². The highest BCUT2D eigenvalue weighted by molar-refractivity contribution is 9.10. The van der Waals surface area contributed by atoms with Crippen LogP contribution in [-0.2, 0) is 0 Å². The van der Waals surface area contributed by atoms with Crippen LogP contribution in [0, 0.1) is 11.3 Å². The van der Waals surface area contributed by atoms with Gasteiger partial charge in [0.15, 0.2) is 21.7 Å². The van der Waals surface area contributed by atoms with Crippen molar-refractivity contribution >= 4 is 27.1 Å². The van der Waals surface area contributed by atoms with E-state index in [1.807, 2.05) is 0 Å². The number of aromatic nitrogens is 3. The molecule has 0 atom stereocenters. The number of H-pyrrole nitrogens is 2. The Hall–Kier alpha value is -1.81. The molecule has 0 aliphatic rings. The Morgan fingerprint density at radius 3 is 2.86 bits per heavy atom. The first-order chi connectivity index (χ1) is 6.63. The first kappa shape index (κ1) is 8.77. The van der Waals surface area contributed by atoms with Crippen LogP contribution in [0.4, 0.5) is 0 Å². The number of hydrogen-bond donors (Lipinski definition) is 3. The monoisotopic (exact) mass is 254 g/mol. The molecule has 0 spiro atoms. The van der Waals surface area contributed by atoms with E-state index in [1.165, 1.54) is 0 Å². The van der Waals surface area contributed by atoms with Crippen molar-refractivity contribution < 1.29 is 5.11 Å². The average molecular weight is 255 g/mol. The van der Waals surface area contributed by atoms with Gasteiger partial charge in [-0.15, -0.1) is 0 Å². The first-order valence-electron chi connectivity index (χ1n) is 3.54. The quantitative estimate of drug-likeness (QED) is 0.640. The van der Waals surface area contributed by atoms with Crippen LogP contribution in [0.5, 0.6) is 5.75 Å². The fourth-order valence-electron chi connectivity index (χ4n) is 1.11. The number of imidazole rings is 1. The maximum atomic E-state index is 11.2. The van der Waals surface area contributed by atoms with Crippen LogP contribution in [0.3, 0.4) is 0 Å². The molecule has 0 saturated carbocycles. The molecule has 0 bridgehead atoms. The maximum absolute atomic E-state index is 11.2. The van der Waals surface area contributed by atoms with Crippen LogP contribution in [0.2, 0.25) is 0 Å². The minimum Gasteiger partial charge on any atom is -0.504 e. The molecule has 0 radical (unpaired) electrons. The molecule has 0 aliphatic carbocycles. The minimum atomic E-state index is -0.656. The Balaban J connectivity index is 3.01. The molecule has 2 aromatic rings. The van der Waals surface area contributed by atoms with Gasteiger partial charge in [0.25, 0.3) is 5.56 Å². The van der Waals surface area contributed by atoms with Crippen LogP contribution in [0.25, 0.3) is 11.2 Å². The molecule has 14 heavy (non-hydrogen) atoms. The normalized spacial score (nSPS) is 10.3. The molecule has 0 aromatic carbocycles. The van der Waals surface area contributed by atoms with Gasteiger partial charge in [-0.1, -0.05) is 0 Å². The molecule has 0 fully saturated rings. The summed E-state index contributed by atoms with van der Waals surface area (Å²) in [4.78, 5) is 20.1. The van der Waals surface area contributed by atoms with Crippen molar-refractivity contribution in [3.8, 4) is 11.8 Å². The van der Waals surface area contributed by atoms with Crippen LogP contribution in [0.1, 0.15) is 5.56 Å². The smallest absolute Gasteiger partial charge is 0.271 e. The van der Waals surface area contributed by atoms with Gasteiger partial charge >= 0.3 is 0 Å². The molecule has 0 saturated heterocycles. The summed E-state index contributed by atoms with van der Waals surface area (Å²) in [6, 6.07) is 1.61. The van der Waals surface area contributed by atoms with Crippen molar-refractivity contribution in [2.75, 3.05) is 0 Å². The zero-order valence-electron chi connectivity index (χ0n) is 6.63. The highest BCUT2D eigenvalue weighted by Gasteiger charge is 2.13. The summed E-state index contributed by atoms with van der Waals surface area (Å²) in [6.07, 6.45) is 0. The summed E-state index contributed by atoms with van der Waals surface area (Å²) in [6.45, 7) is 0. The highest BCUT2D eigenvalue weighted by Crippen LogP contribution is 2.23. The van der Waals surface area contributed by atoms with E-state index in [0.717, 1.165) is 0 Å². The van der Waals surface area contributed by atoms with Gasteiger partial charge in [0, 0.05) is 0 Å². The zero-order chi connectivity index (χ0) is 10.3. The molecular formula is C7H3BrN4O2. The van der Waals surface area contributed by atoms with E-state index in [2.05, 4.69) is 30.9 Å². The number of pyridine rings is 1. The number of aromatic hydroxyl groups is 1. The summed E-state index contributed by atoms with van der Waals surface area (Å²) in [5.74, 6) is -0.385. The van der Waals surface area contributed by atoms with Gasteiger partial charge < -0.3 is 15.1 Å². The fraction of sp³-hybridized carbons (Fsp3) is 0. The molecular weight excluding hydrogens is 252 g/mol. The maximum Gasteiger partial charge on any atom is 0.271 e. The first-order valence-corrected chi connectivity index (χ1v) is 4.33. The molecule has 0 unspecified atom stereocenters. The minimum absolute atomic E-state index is 0.207. The van der Waals surface area contributed by atoms with Crippen LogP contribution in [-0.4, -0.2) is 20.1 Å². The molecule has 2 heterocycles. The van der Waals surface area contributed by atoms with Crippen molar-refractivity contribution in [1.29, 1.82) is 5.26 Å². The van der Waals surface area contributed by atoms with Crippen molar-refractivity contribution in [2.45, 2.75) is 0 Å². The lowest BCUT2D eigenvalue weighted by atomic mass is 10.2. The second-order valence-electron chi connectivity index (χ2n) is 2.54. The molecule has 0 amide bonds. The summed E-state index contributed by atoms with van der Waals surface area (Å²) in [5.41, 5.74) is -0.545. The van der Waals surface area contributed by atoms with Gasteiger partial charge in [-0.2, -0.15) is 5.26 Å². The average Bonchev–Trinajstić information content (AvgIpc) is 2.47. The molecule has 3 N–H and O–H groups in total. The third-order valence-corrected chi connectivity index (χ3v) is 2.09. The largest absolute Gasteiger partial charge is 0.504 e. The topological polar surface area (TPSA) is 106 Å². The predicted molar refractivity (Wildman–Crippen MR) is 50.8 cm³/mol. The van der Waals surface area contributed by atoms with Gasteiger partial charge in [-0.05, 0) is 15.9 Å². The van der Waals surface area contributed by atoms with Gasteiger partial charge in [0.2, 0.25) is 0 Å². The summed E-state index contributed by atoms with van der Waals surface area (Å²) < 4.78 is 0.369. The summed E-state index contributed by atoms with van der Waals surface area (Å²) >= 11 is 3.05. The SMILES string of the molecule is N#Cc1c(O)c2[nH]c(Br)nc2[nH]c1=O. The van der Waals surface area contributed by atoms with Crippen molar-refractivity contribution in [2.24, 2.45) is 0 Å². The molecule has 0 aliphatic heterocycles. The second kappa shape index (κ2) is 2.85. The molecule has 6 nitrogen and oxygen atoms in total. The van der Waals surface area contributed by atoms with Gasteiger partial charge in [0.05, 0.1) is 0 Å². The number of hydrogen-bond acceptors (Lipinski definition) is 4. The molecule has 70 valence electrons. The predicted octanol–water partition coefficient (Wildman–Crippen LogP) is 0.591. The Bertz CT molecular complexity index is 606. The summed E-state index contributed by atoms with van der Waals surface area (Å²) in [5, 5.41) is 18.1. The van der Waals surface area contributed by atoms with E-state index in [9.17, 15) is 9.90 Å². The Labute approximate surface area is 85.3 Å². The number of aromatic amines is 2. The third kappa shape index (κ3) is 1.08. The van der Waals surface area contributed by atoms with E-state index in [4.69, 9.17) is 5.26 Å². The van der Waals surface area contributed by atoms with Crippen molar-refractivity contribution in [3.05, 3.63) is 20.7 Å². The van der Waals surface area contributed by atoms with Gasteiger partial charge in [-0.3, -0.25) is 4.79 Å². The molecule has 2 aromatic heterocycles. The Morgan fingerprint density at radius 2 is 2.21 bits per heavy atom. The molecule has 7 heteroatoms. The number of nitrogens with one attached hydrogen (secondary N) is 2. The lowest BCUT2D eigenvalue weighted by Crippen LogP contribution is -2.09. The summed E-state index contributed by atoms with van der Waals surface area (Å²) in [7, 11) is 0. The van der Waals surface area contributed by atoms with E-state index < -0.39 is 5.56 Å². The zero-order valence-corrected chi connectivity index (χ0v) is 8.21. The van der Waals surface area contributed by atoms with E-state index in [1.54, 1.807) is 6.07 Å². The Kier molecular flexibility index (Phi) is 1.79. The van der Waals surface area contributed by atoms with E-state index >= 15 is 0 Å². The van der Waals surface area contributed by atoms with Crippen LogP contribution < -0.4 is 5.56 Å². The number of rotatable bonds is 0. The van der Waals surface area contributed by atoms with E-state index in [0.29, 0.717) is 4.73 Å². The number of halogens is 1. The van der Waals surface area contributed by atoms with Crippen molar-refractivity contribution in [1.82, 2.24) is 15.0 Å². The number of nitrogens with zero attached hydrogens (tertiary/aromatic N) is 2. The van der Waals surface area contributed by atoms with Gasteiger partial charge in [0.1, 0.15) is 11.6 Å². The van der Waals surface area contributed by atoms with E-state index in [-0.39, 0.29) is 22.5 Å². The second-order valence-corrected chi connectivity index (χ2v) is 3.29. The standard InChI is InChI=1S/C7H3BrN4O2/c8-7-10-3-4(13)2(1-9)6(14)11-5(3)12-7/h(H3,10,11,12,13,14). The van der Waals surface area contributed by atoms with Gasteiger partial charge in [-0.25, -0.2) is 4.98 Å². The van der Waals surface area contributed by atoms with Crippen LogP contribution in [0.15, 0.2) is 9.53 Å². The number of nitriles is 1. The lowest BCUT2D eigenvalue weighted by Gasteiger charge is -1.94. The third-order valence-electron chi connectivity index (χ3n) is 1.72. The van der Waals surface area contributed by atoms with Crippen molar-refractivity contribution in [3.63, 3.8) is 0 Å². The molecule has 2 rings (SSSR count).